The molecule has 0 radical (unpaired) electrons. The molecule has 1 N–H and O–H groups in total. The summed E-state index contributed by atoms with van der Waals surface area (Å²) in [5.74, 6) is 0. The lowest BCUT2D eigenvalue weighted by Crippen LogP contribution is -2.05. The Balaban J connectivity index is 2.17. The van der Waals surface area contributed by atoms with Gasteiger partial charge in [-0.1, -0.05) is 42.5 Å². The molecule has 2 nitrogen and oxygen atoms in total. The van der Waals surface area contributed by atoms with Crippen molar-refractivity contribution in [3.63, 3.8) is 0 Å². The van der Waals surface area contributed by atoms with E-state index in [9.17, 15) is 4.79 Å². The average Bonchev–Trinajstić information content (AvgIpc) is 2.41. The Labute approximate surface area is 111 Å². The first-order valence-electron chi connectivity index (χ1n) is 6.39. The second-order valence-corrected chi connectivity index (χ2v) is 4.82. The van der Waals surface area contributed by atoms with Gasteiger partial charge in [0.2, 0.25) is 0 Å². The van der Waals surface area contributed by atoms with Crippen molar-refractivity contribution in [2.75, 3.05) is 0 Å². The SMILES string of the molecule is Cc1cc(=O)c2cccc(Cc3ccccc3)c2[nH]1. The highest BCUT2D eigenvalue weighted by Crippen LogP contribution is 2.17. The van der Waals surface area contributed by atoms with Gasteiger partial charge in [0, 0.05) is 17.1 Å². The van der Waals surface area contributed by atoms with E-state index in [0.29, 0.717) is 0 Å². The van der Waals surface area contributed by atoms with Gasteiger partial charge in [0.15, 0.2) is 5.43 Å². The predicted octanol–water partition coefficient (Wildman–Crippen LogP) is 3.43. The van der Waals surface area contributed by atoms with Crippen LogP contribution in [0.2, 0.25) is 0 Å². The highest BCUT2D eigenvalue weighted by atomic mass is 16.1. The van der Waals surface area contributed by atoms with Crippen LogP contribution in [0.15, 0.2) is 59.4 Å². The molecule has 0 atom stereocenters. The van der Waals surface area contributed by atoms with Crippen LogP contribution in [0.5, 0.6) is 0 Å². The van der Waals surface area contributed by atoms with E-state index in [1.165, 1.54) is 5.56 Å². The zero-order chi connectivity index (χ0) is 13.2. The molecule has 1 aromatic heterocycles. The second kappa shape index (κ2) is 4.73. The summed E-state index contributed by atoms with van der Waals surface area (Å²) in [7, 11) is 0. The molecule has 0 saturated heterocycles. The minimum Gasteiger partial charge on any atom is -0.358 e. The van der Waals surface area contributed by atoms with Gasteiger partial charge in [-0.25, -0.2) is 0 Å². The van der Waals surface area contributed by atoms with E-state index in [4.69, 9.17) is 0 Å². The molecule has 0 spiro atoms. The summed E-state index contributed by atoms with van der Waals surface area (Å²) in [6, 6.07) is 17.8. The van der Waals surface area contributed by atoms with E-state index in [0.717, 1.165) is 28.6 Å². The van der Waals surface area contributed by atoms with Gasteiger partial charge in [-0.2, -0.15) is 0 Å². The summed E-state index contributed by atoms with van der Waals surface area (Å²) in [5, 5.41) is 0.763. The van der Waals surface area contributed by atoms with Crippen LogP contribution in [0.1, 0.15) is 16.8 Å². The quantitative estimate of drug-likeness (QED) is 0.741. The average molecular weight is 249 g/mol. The lowest BCUT2D eigenvalue weighted by molar-refractivity contribution is 1.17. The molecule has 0 aliphatic heterocycles. The van der Waals surface area contributed by atoms with Gasteiger partial charge in [0.05, 0.1) is 5.52 Å². The van der Waals surface area contributed by atoms with Crippen LogP contribution in [-0.2, 0) is 6.42 Å². The van der Waals surface area contributed by atoms with Crippen molar-refractivity contribution in [1.29, 1.82) is 0 Å². The Morgan fingerprint density at radius 1 is 1.00 bits per heavy atom. The number of fused-ring (bicyclic) bond motifs is 1. The van der Waals surface area contributed by atoms with Crippen LogP contribution in [0, 0.1) is 6.92 Å². The summed E-state index contributed by atoms with van der Waals surface area (Å²) in [5.41, 5.74) is 4.34. The molecule has 0 aliphatic rings. The van der Waals surface area contributed by atoms with Gasteiger partial charge in [-0.3, -0.25) is 4.79 Å². The lowest BCUT2D eigenvalue weighted by atomic mass is 10.0. The highest BCUT2D eigenvalue weighted by Gasteiger charge is 2.05. The standard InChI is InChI=1S/C17H15NO/c1-12-10-16(19)15-9-5-8-14(17(15)18-12)11-13-6-3-2-4-7-13/h2-10H,11H2,1H3,(H,18,19). The fourth-order valence-corrected chi connectivity index (χ4v) is 2.42. The Hall–Kier alpha value is -2.35. The Morgan fingerprint density at radius 2 is 1.79 bits per heavy atom. The van der Waals surface area contributed by atoms with Gasteiger partial charge < -0.3 is 4.98 Å². The van der Waals surface area contributed by atoms with Crippen LogP contribution in [0.3, 0.4) is 0 Å². The molecular formula is C17H15NO. The summed E-state index contributed by atoms with van der Waals surface area (Å²) < 4.78 is 0. The third kappa shape index (κ3) is 2.29. The molecule has 94 valence electrons. The van der Waals surface area contributed by atoms with Crippen molar-refractivity contribution < 1.29 is 0 Å². The molecular weight excluding hydrogens is 234 g/mol. The third-order valence-corrected chi connectivity index (χ3v) is 3.32. The zero-order valence-electron chi connectivity index (χ0n) is 10.8. The van der Waals surface area contributed by atoms with Crippen LogP contribution in [0.25, 0.3) is 10.9 Å². The number of rotatable bonds is 2. The van der Waals surface area contributed by atoms with Gasteiger partial charge >= 0.3 is 0 Å². The molecule has 1 heterocycles. The fraction of sp³-hybridized carbons (Fsp3) is 0.118. The monoisotopic (exact) mass is 249 g/mol. The fourth-order valence-electron chi connectivity index (χ4n) is 2.42. The maximum Gasteiger partial charge on any atom is 0.189 e. The molecule has 0 amide bonds. The zero-order valence-corrected chi connectivity index (χ0v) is 10.8. The first-order chi connectivity index (χ1) is 9.24. The van der Waals surface area contributed by atoms with E-state index >= 15 is 0 Å². The van der Waals surface area contributed by atoms with Crippen LogP contribution in [-0.4, -0.2) is 4.98 Å². The molecule has 2 aromatic carbocycles. The number of nitrogens with one attached hydrogen (secondary N) is 1. The van der Waals surface area contributed by atoms with Crippen molar-refractivity contribution in [1.82, 2.24) is 4.98 Å². The number of pyridine rings is 1. The maximum absolute atomic E-state index is 12.0. The molecule has 0 saturated carbocycles. The van der Waals surface area contributed by atoms with Gasteiger partial charge in [-0.05, 0) is 30.5 Å². The number of para-hydroxylation sites is 1. The number of H-pyrrole nitrogens is 1. The Morgan fingerprint density at radius 3 is 2.58 bits per heavy atom. The third-order valence-electron chi connectivity index (χ3n) is 3.32. The number of benzene rings is 2. The van der Waals surface area contributed by atoms with Crippen molar-refractivity contribution in [2.24, 2.45) is 0 Å². The molecule has 0 unspecified atom stereocenters. The minimum absolute atomic E-state index is 0.0844. The van der Waals surface area contributed by atoms with Crippen molar-refractivity contribution in [3.05, 3.63) is 81.6 Å². The van der Waals surface area contributed by atoms with E-state index < -0.39 is 0 Å². The summed E-state index contributed by atoms with van der Waals surface area (Å²) in [6.45, 7) is 1.92. The van der Waals surface area contributed by atoms with Crippen LogP contribution < -0.4 is 5.43 Å². The van der Waals surface area contributed by atoms with Gasteiger partial charge in [0.25, 0.3) is 0 Å². The van der Waals surface area contributed by atoms with E-state index in [1.54, 1.807) is 6.07 Å². The van der Waals surface area contributed by atoms with E-state index in [2.05, 4.69) is 23.2 Å². The summed E-state index contributed by atoms with van der Waals surface area (Å²) in [4.78, 5) is 15.3. The van der Waals surface area contributed by atoms with Crippen molar-refractivity contribution in [2.45, 2.75) is 13.3 Å². The van der Waals surface area contributed by atoms with E-state index in [-0.39, 0.29) is 5.43 Å². The lowest BCUT2D eigenvalue weighted by Gasteiger charge is -2.07. The number of aromatic amines is 1. The topological polar surface area (TPSA) is 32.9 Å². The summed E-state index contributed by atoms with van der Waals surface area (Å²) >= 11 is 0. The largest absolute Gasteiger partial charge is 0.358 e. The first-order valence-corrected chi connectivity index (χ1v) is 6.39. The number of hydrogen-bond donors (Lipinski definition) is 1. The number of aryl methyl sites for hydroxylation is 1. The Kier molecular flexibility index (Phi) is 2.92. The van der Waals surface area contributed by atoms with Gasteiger partial charge in [-0.15, -0.1) is 0 Å². The molecule has 3 rings (SSSR count). The molecule has 19 heavy (non-hydrogen) atoms. The molecule has 0 fully saturated rings. The smallest absolute Gasteiger partial charge is 0.189 e. The molecule has 2 heteroatoms. The molecule has 0 aliphatic carbocycles. The predicted molar refractivity (Wildman–Crippen MR) is 78.6 cm³/mol. The molecule has 0 bridgehead atoms. The van der Waals surface area contributed by atoms with Crippen molar-refractivity contribution >= 4 is 10.9 Å². The second-order valence-electron chi connectivity index (χ2n) is 4.82. The first kappa shape index (κ1) is 11.7. The van der Waals surface area contributed by atoms with Crippen LogP contribution in [0.4, 0.5) is 0 Å². The van der Waals surface area contributed by atoms with Crippen molar-refractivity contribution in [3.8, 4) is 0 Å². The van der Waals surface area contributed by atoms with E-state index in [1.807, 2.05) is 37.3 Å². The highest BCUT2D eigenvalue weighted by molar-refractivity contribution is 5.82. The van der Waals surface area contributed by atoms with Gasteiger partial charge in [0.1, 0.15) is 0 Å². The normalized spacial score (nSPS) is 10.8. The minimum atomic E-state index is 0.0844. The van der Waals surface area contributed by atoms with Crippen LogP contribution >= 0.6 is 0 Å². The maximum atomic E-state index is 12.0. The Bertz CT molecular complexity index is 772. The number of hydrogen-bond acceptors (Lipinski definition) is 1. The molecule has 3 aromatic rings. The summed E-state index contributed by atoms with van der Waals surface area (Å²) in [6.07, 6.45) is 0.831. The number of aromatic nitrogens is 1.